The molecule has 16 heavy (non-hydrogen) atoms. The maximum atomic E-state index is 11.6. The minimum Gasteiger partial charge on any atom is -0.299 e. The highest BCUT2D eigenvalue weighted by atomic mass is 79.9. The van der Waals surface area contributed by atoms with Gasteiger partial charge in [-0.25, -0.2) is 4.98 Å². The standard InChI is InChI=1S/C11H13BrN2O2/c12-9-6-13-7-14(11(9)16)5-4-8-2-1-3-10(8)15/h6-8H,1-5H2. The van der Waals surface area contributed by atoms with Crippen LogP contribution in [0.2, 0.25) is 0 Å². The second-order valence-electron chi connectivity index (χ2n) is 4.08. The molecule has 2 rings (SSSR count). The molecular formula is C11H13BrN2O2. The van der Waals surface area contributed by atoms with Gasteiger partial charge in [0, 0.05) is 25.1 Å². The molecule has 0 aromatic carbocycles. The van der Waals surface area contributed by atoms with Crippen molar-refractivity contribution in [2.75, 3.05) is 0 Å². The molecule has 0 radical (unpaired) electrons. The van der Waals surface area contributed by atoms with Gasteiger partial charge in [0.2, 0.25) is 0 Å². The van der Waals surface area contributed by atoms with E-state index in [1.807, 2.05) is 0 Å². The highest BCUT2D eigenvalue weighted by Gasteiger charge is 2.23. The number of halogens is 1. The molecule has 1 heterocycles. The lowest BCUT2D eigenvalue weighted by Gasteiger charge is -2.09. The quantitative estimate of drug-likeness (QED) is 0.850. The number of ketones is 1. The van der Waals surface area contributed by atoms with Crippen LogP contribution in [-0.4, -0.2) is 15.3 Å². The zero-order valence-electron chi connectivity index (χ0n) is 8.86. The van der Waals surface area contributed by atoms with Gasteiger partial charge in [0.05, 0.1) is 6.33 Å². The summed E-state index contributed by atoms with van der Waals surface area (Å²) in [5.41, 5.74) is -0.0829. The van der Waals surface area contributed by atoms with E-state index in [2.05, 4.69) is 20.9 Å². The van der Waals surface area contributed by atoms with E-state index in [0.29, 0.717) is 23.2 Å². The fraction of sp³-hybridized carbons (Fsp3) is 0.545. The fourth-order valence-electron chi connectivity index (χ4n) is 2.07. The van der Waals surface area contributed by atoms with E-state index in [4.69, 9.17) is 0 Å². The summed E-state index contributed by atoms with van der Waals surface area (Å²) in [6.07, 6.45) is 6.42. The van der Waals surface area contributed by atoms with Gasteiger partial charge in [0.25, 0.3) is 5.56 Å². The molecule has 86 valence electrons. The molecule has 1 unspecified atom stereocenters. The zero-order valence-corrected chi connectivity index (χ0v) is 10.4. The molecular weight excluding hydrogens is 272 g/mol. The first-order valence-corrected chi connectivity index (χ1v) is 6.20. The Morgan fingerprint density at radius 2 is 2.31 bits per heavy atom. The van der Waals surface area contributed by atoms with Gasteiger partial charge >= 0.3 is 0 Å². The van der Waals surface area contributed by atoms with Gasteiger partial charge in [-0.2, -0.15) is 0 Å². The first-order valence-electron chi connectivity index (χ1n) is 5.41. The van der Waals surface area contributed by atoms with E-state index in [-0.39, 0.29) is 11.5 Å². The van der Waals surface area contributed by atoms with Crippen LogP contribution >= 0.6 is 15.9 Å². The topological polar surface area (TPSA) is 52.0 Å². The minimum absolute atomic E-state index is 0.0829. The molecule has 0 saturated heterocycles. The Balaban J connectivity index is 2.02. The van der Waals surface area contributed by atoms with Gasteiger partial charge in [0.15, 0.2) is 0 Å². The highest BCUT2D eigenvalue weighted by molar-refractivity contribution is 9.10. The molecule has 1 saturated carbocycles. The van der Waals surface area contributed by atoms with Crippen LogP contribution in [0.5, 0.6) is 0 Å². The van der Waals surface area contributed by atoms with Gasteiger partial charge in [-0.05, 0) is 35.2 Å². The molecule has 5 heteroatoms. The third kappa shape index (κ3) is 2.40. The van der Waals surface area contributed by atoms with E-state index in [1.165, 1.54) is 12.5 Å². The Bertz CT molecular complexity index is 456. The van der Waals surface area contributed by atoms with Crippen molar-refractivity contribution in [2.24, 2.45) is 5.92 Å². The molecule has 1 atom stereocenters. The molecule has 1 aliphatic carbocycles. The summed E-state index contributed by atoms with van der Waals surface area (Å²) in [6.45, 7) is 0.571. The zero-order chi connectivity index (χ0) is 11.5. The number of rotatable bonds is 3. The van der Waals surface area contributed by atoms with Crippen molar-refractivity contribution in [2.45, 2.75) is 32.2 Å². The van der Waals surface area contributed by atoms with Crippen molar-refractivity contribution in [3.8, 4) is 0 Å². The molecule has 0 N–H and O–H groups in total. The van der Waals surface area contributed by atoms with Crippen molar-refractivity contribution < 1.29 is 4.79 Å². The monoisotopic (exact) mass is 284 g/mol. The van der Waals surface area contributed by atoms with Crippen molar-refractivity contribution in [1.29, 1.82) is 0 Å². The second-order valence-corrected chi connectivity index (χ2v) is 4.94. The molecule has 1 aromatic heterocycles. The van der Waals surface area contributed by atoms with Crippen molar-refractivity contribution in [3.63, 3.8) is 0 Å². The first-order chi connectivity index (χ1) is 7.68. The third-order valence-corrected chi connectivity index (χ3v) is 3.55. The molecule has 0 spiro atoms. The number of carbonyl (C=O) groups excluding carboxylic acids is 1. The van der Waals surface area contributed by atoms with Gasteiger partial charge < -0.3 is 0 Å². The predicted octanol–water partition coefficient (Wildman–Crippen LogP) is 1.77. The summed E-state index contributed by atoms with van der Waals surface area (Å²) in [6, 6.07) is 0. The van der Waals surface area contributed by atoms with Crippen LogP contribution in [0, 0.1) is 5.92 Å². The maximum Gasteiger partial charge on any atom is 0.267 e. The summed E-state index contributed by atoms with van der Waals surface area (Å²) >= 11 is 3.15. The lowest BCUT2D eigenvalue weighted by molar-refractivity contribution is -0.120. The Kier molecular flexibility index (Phi) is 3.53. The predicted molar refractivity (Wildman–Crippen MR) is 63.2 cm³/mol. The molecule has 0 amide bonds. The summed E-state index contributed by atoms with van der Waals surface area (Å²) in [5.74, 6) is 0.488. The van der Waals surface area contributed by atoms with Gasteiger partial charge in [-0.15, -0.1) is 0 Å². The van der Waals surface area contributed by atoms with E-state index >= 15 is 0 Å². The number of aromatic nitrogens is 2. The number of hydrogen-bond acceptors (Lipinski definition) is 3. The SMILES string of the molecule is O=C1CCCC1CCn1cncc(Br)c1=O. The molecule has 1 aromatic rings. The number of nitrogens with zero attached hydrogens (tertiary/aromatic N) is 2. The molecule has 1 fully saturated rings. The van der Waals surface area contributed by atoms with E-state index < -0.39 is 0 Å². The minimum atomic E-state index is -0.0829. The number of carbonyl (C=O) groups is 1. The number of hydrogen-bond donors (Lipinski definition) is 0. The lowest BCUT2D eigenvalue weighted by Crippen LogP contribution is -2.22. The average Bonchev–Trinajstić information content (AvgIpc) is 2.67. The van der Waals surface area contributed by atoms with Gasteiger partial charge in [-0.1, -0.05) is 0 Å². The van der Waals surface area contributed by atoms with Crippen LogP contribution in [0.25, 0.3) is 0 Å². The Labute approximate surface area is 102 Å². The maximum absolute atomic E-state index is 11.6. The van der Waals surface area contributed by atoms with Gasteiger partial charge in [-0.3, -0.25) is 14.2 Å². The Morgan fingerprint density at radius 1 is 1.50 bits per heavy atom. The Hall–Kier alpha value is -0.970. The molecule has 0 aliphatic heterocycles. The first kappa shape index (κ1) is 11.5. The summed E-state index contributed by atoms with van der Waals surface area (Å²) in [5, 5.41) is 0. The third-order valence-electron chi connectivity index (χ3n) is 3.01. The summed E-state index contributed by atoms with van der Waals surface area (Å²) in [4.78, 5) is 27.0. The summed E-state index contributed by atoms with van der Waals surface area (Å²) in [7, 11) is 0. The Morgan fingerprint density at radius 3 is 3.00 bits per heavy atom. The van der Waals surface area contributed by atoms with Crippen LogP contribution in [0.3, 0.4) is 0 Å². The van der Waals surface area contributed by atoms with E-state index in [9.17, 15) is 9.59 Å². The normalized spacial score (nSPS) is 20.3. The fourth-order valence-corrected chi connectivity index (χ4v) is 2.42. The van der Waals surface area contributed by atoms with Crippen LogP contribution in [-0.2, 0) is 11.3 Å². The largest absolute Gasteiger partial charge is 0.299 e. The van der Waals surface area contributed by atoms with Crippen LogP contribution < -0.4 is 5.56 Å². The van der Waals surface area contributed by atoms with Crippen LogP contribution in [0.4, 0.5) is 0 Å². The number of aryl methyl sites for hydroxylation is 1. The van der Waals surface area contributed by atoms with Crippen LogP contribution in [0.1, 0.15) is 25.7 Å². The summed E-state index contributed by atoms with van der Waals surface area (Å²) < 4.78 is 2.02. The van der Waals surface area contributed by atoms with E-state index in [0.717, 1.165) is 19.3 Å². The van der Waals surface area contributed by atoms with Crippen molar-refractivity contribution >= 4 is 21.7 Å². The lowest BCUT2D eigenvalue weighted by atomic mass is 10.0. The van der Waals surface area contributed by atoms with E-state index in [1.54, 1.807) is 4.57 Å². The second kappa shape index (κ2) is 4.91. The molecule has 4 nitrogen and oxygen atoms in total. The van der Waals surface area contributed by atoms with Crippen molar-refractivity contribution in [1.82, 2.24) is 9.55 Å². The smallest absolute Gasteiger partial charge is 0.267 e. The molecule has 1 aliphatic rings. The van der Waals surface area contributed by atoms with Crippen molar-refractivity contribution in [3.05, 3.63) is 27.4 Å². The average molecular weight is 285 g/mol. The van der Waals surface area contributed by atoms with Gasteiger partial charge in [0.1, 0.15) is 10.3 Å². The highest BCUT2D eigenvalue weighted by Crippen LogP contribution is 2.24. The van der Waals surface area contributed by atoms with Crippen LogP contribution in [0.15, 0.2) is 21.8 Å². The number of Topliss-reactive ketones (excluding diaryl/α,β-unsaturated/α-hetero) is 1. The molecule has 0 bridgehead atoms.